The third-order valence-corrected chi connectivity index (χ3v) is 8.85. The van der Waals surface area contributed by atoms with E-state index in [1.165, 1.54) is 7.11 Å². The molecule has 1 aliphatic heterocycles. The van der Waals surface area contributed by atoms with Crippen LogP contribution in [0.25, 0.3) is 0 Å². The van der Waals surface area contributed by atoms with Gasteiger partial charge in [0.2, 0.25) is 6.10 Å². The van der Waals surface area contributed by atoms with Crippen molar-refractivity contribution in [2.24, 2.45) is 5.92 Å². The maximum Gasteiger partial charge on any atom is 0.348 e. The Morgan fingerprint density at radius 2 is 1.84 bits per heavy atom. The number of aliphatic carboxylic acids is 2. The van der Waals surface area contributed by atoms with Crippen LogP contribution in [0.5, 0.6) is 11.5 Å². The number of carboxylic acid groups (broad SMARTS) is 2. The molecule has 0 saturated heterocycles. The van der Waals surface area contributed by atoms with E-state index < -0.39 is 78.1 Å². The lowest BCUT2D eigenvalue weighted by Crippen LogP contribution is -2.67. The van der Waals surface area contributed by atoms with Crippen molar-refractivity contribution in [3.05, 3.63) is 35.1 Å². The van der Waals surface area contributed by atoms with Gasteiger partial charge < -0.3 is 44.1 Å². The minimum Gasteiger partial charge on any atom is -0.493 e. The Kier molecular flexibility index (Phi) is 7.86. The quantitative estimate of drug-likeness (QED) is 0.203. The molecule has 3 aliphatic carbocycles. The van der Waals surface area contributed by atoms with Crippen LogP contribution in [-0.4, -0.2) is 87.4 Å². The van der Waals surface area contributed by atoms with Gasteiger partial charge in [-0.2, -0.15) is 0 Å². The third-order valence-electron chi connectivity index (χ3n) is 8.85. The van der Waals surface area contributed by atoms with Gasteiger partial charge in [-0.1, -0.05) is 12.5 Å². The molecule has 232 valence electrons. The molecule has 14 heteroatoms. The van der Waals surface area contributed by atoms with Crippen LogP contribution in [0.1, 0.15) is 56.6 Å². The number of hydrogen-bond donors (Lipinski definition) is 4. The SMILES string of the molecule is COc1ccc2c3c1O[C@@H]1C(OC(=O)C[C@H](O)C(=O)O[C@@H](C)C(=O)O[C@@H](CC(=O)O)C(=O)O)=CC[C@]4(O)[C@@H](CCC[C@@]314)C2. The summed E-state index contributed by atoms with van der Waals surface area (Å²) in [7, 11) is 1.51. The Morgan fingerprint density at radius 1 is 1.09 bits per heavy atom. The van der Waals surface area contributed by atoms with E-state index in [1.807, 2.05) is 12.1 Å². The first-order chi connectivity index (χ1) is 20.3. The third kappa shape index (κ3) is 4.97. The summed E-state index contributed by atoms with van der Waals surface area (Å²) in [5, 5.41) is 40.2. The van der Waals surface area contributed by atoms with Crippen LogP contribution < -0.4 is 9.47 Å². The highest BCUT2D eigenvalue weighted by Crippen LogP contribution is 2.67. The van der Waals surface area contributed by atoms with Crippen molar-refractivity contribution in [2.75, 3.05) is 7.11 Å². The van der Waals surface area contributed by atoms with Gasteiger partial charge in [0.15, 0.2) is 29.8 Å². The Bertz CT molecular complexity index is 1400. The number of ether oxygens (including phenoxy) is 5. The van der Waals surface area contributed by atoms with E-state index >= 15 is 0 Å². The molecule has 1 aromatic carbocycles. The summed E-state index contributed by atoms with van der Waals surface area (Å²) in [6, 6.07) is 3.78. The molecule has 0 radical (unpaired) electrons. The topological polar surface area (TPSA) is 212 Å². The van der Waals surface area contributed by atoms with E-state index in [1.54, 1.807) is 6.08 Å². The molecule has 5 rings (SSSR count). The molecule has 0 unspecified atom stereocenters. The van der Waals surface area contributed by atoms with Crippen LogP contribution in [0.3, 0.4) is 0 Å². The molecule has 4 N–H and O–H groups in total. The molecule has 4 aliphatic rings. The summed E-state index contributed by atoms with van der Waals surface area (Å²) in [6.07, 6.45) is -3.77. The minimum absolute atomic E-state index is 0.0205. The Labute approximate surface area is 245 Å². The number of benzene rings is 1. The smallest absolute Gasteiger partial charge is 0.348 e. The van der Waals surface area contributed by atoms with Crippen LogP contribution >= 0.6 is 0 Å². The lowest BCUT2D eigenvalue weighted by Gasteiger charge is -2.59. The van der Waals surface area contributed by atoms with Crippen LogP contribution in [0.2, 0.25) is 0 Å². The van der Waals surface area contributed by atoms with Gasteiger partial charge in [0, 0.05) is 5.56 Å². The van der Waals surface area contributed by atoms with E-state index in [2.05, 4.69) is 4.74 Å². The average molecular weight is 605 g/mol. The van der Waals surface area contributed by atoms with Crippen molar-refractivity contribution in [1.29, 1.82) is 0 Å². The van der Waals surface area contributed by atoms with Gasteiger partial charge in [0.05, 0.1) is 31.0 Å². The van der Waals surface area contributed by atoms with Crippen LogP contribution in [0, 0.1) is 5.92 Å². The van der Waals surface area contributed by atoms with Crippen molar-refractivity contribution in [3.63, 3.8) is 0 Å². The molecule has 1 aromatic rings. The molecule has 1 spiro atoms. The first-order valence-electron chi connectivity index (χ1n) is 13.9. The van der Waals surface area contributed by atoms with E-state index in [9.17, 15) is 34.2 Å². The molecule has 43 heavy (non-hydrogen) atoms. The fourth-order valence-electron chi connectivity index (χ4n) is 6.97. The minimum atomic E-state index is -2.06. The molecule has 0 aromatic heterocycles. The first kappa shape index (κ1) is 30.3. The van der Waals surface area contributed by atoms with E-state index in [0.717, 1.165) is 30.9 Å². The average Bonchev–Trinajstić information content (AvgIpc) is 3.28. The maximum absolute atomic E-state index is 12.9. The monoisotopic (exact) mass is 604 g/mol. The van der Waals surface area contributed by atoms with E-state index in [4.69, 9.17) is 29.2 Å². The number of carbonyl (C=O) groups excluding carboxylic acids is 3. The zero-order valence-electron chi connectivity index (χ0n) is 23.4. The van der Waals surface area contributed by atoms with Gasteiger partial charge in [0.25, 0.3) is 0 Å². The molecule has 2 bridgehead atoms. The van der Waals surface area contributed by atoms with Crippen LogP contribution in [-0.2, 0) is 50.0 Å². The lowest BCUT2D eigenvalue weighted by atomic mass is 9.47. The summed E-state index contributed by atoms with van der Waals surface area (Å²) in [6.45, 7) is 1.03. The van der Waals surface area contributed by atoms with Crippen molar-refractivity contribution in [3.8, 4) is 11.5 Å². The second kappa shape index (κ2) is 11.2. The van der Waals surface area contributed by atoms with Gasteiger partial charge in [-0.15, -0.1) is 0 Å². The molecule has 1 fully saturated rings. The summed E-state index contributed by atoms with van der Waals surface area (Å²) >= 11 is 0. The Morgan fingerprint density at radius 3 is 2.51 bits per heavy atom. The number of carbonyl (C=O) groups is 5. The van der Waals surface area contributed by atoms with Crippen molar-refractivity contribution >= 4 is 29.8 Å². The summed E-state index contributed by atoms with van der Waals surface area (Å²) in [4.78, 5) is 59.3. The van der Waals surface area contributed by atoms with Gasteiger partial charge in [-0.25, -0.2) is 14.4 Å². The lowest BCUT2D eigenvalue weighted by molar-refractivity contribution is -0.181. The number of methoxy groups -OCH3 is 1. The zero-order chi connectivity index (χ0) is 31.3. The maximum atomic E-state index is 12.9. The van der Waals surface area contributed by atoms with E-state index in [-0.39, 0.29) is 18.1 Å². The molecule has 0 amide bonds. The Balaban J connectivity index is 1.26. The molecule has 1 heterocycles. The highest BCUT2D eigenvalue weighted by Gasteiger charge is 2.71. The van der Waals surface area contributed by atoms with Crippen molar-refractivity contribution < 1.29 is 68.1 Å². The normalized spacial score (nSPS) is 28.1. The van der Waals surface area contributed by atoms with Crippen molar-refractivity contribution in [2.45, 2.75) is 87.3 Å². The summed E-state index contributed by atoms with van der Waals surface area (Å²) in [5.74, 6) is -5.91. The number of aliphatic hydroxyl groups is 2. The summed E-state index contributed by atoms with van der Waals surface area (Å²) < 4.78 is 26.9. The molecule has 1 saturated carbocycles. The molecular weight excluding hydrogens is 572 g/mol. The van der Waals surface area contributed by atoms with Crippen LogP contribution in [0.15, 0.2) is 24.0 Å². The number of esters is 3. The zero-order valence-corrected chi connectivity index (χ0v) is 23.4. The molecular formula is C29H32O14. The predicted molar refractivity (Wildman–Crippen MR) is 140 cm³/mol. The fourth-order valence-corrected chi connectivity index (χ4v) is 6.97. The number of hydrogen-bond acceptors (Lipinski definition) is 12. The second-order valence-electron chi connectivity index (χ2n) is 11.3. The Hall–Kier alpha value is -4.17. The van der Waals surface area contributed by atoms with Crippen molar-refractivity contribution in [1.82, 2.24) is 0 Å². The fraction of sp³-hybridized carbons (Fsp3) is 0.552. The van der Waals surface area contributed by atoms with Gasteiger partial charge in [0.1, 0.15) is 5.76 Å². The number of aliphatic hydroxyl groups excluding tert-OH is 1. The highest BCUT2D eigenvalue weighted by atomic mass is 16.6. The number of carboxylic acids is 2. The molecule has 7 atom stereocenters. The van der Waals surface area contributed by atoms with Crippen LogP contribution in [0.4, 0.5) is 0 Å². The highest BCUT2D eigenvalue weighted by molar-refractivity contribution is 5.87. The molecule has 14 nitrogen and oxygen atoms in total. The predicted octanol–water partition coefficient (Wildman–Crippen LogP) is 0.766. The van der Waals surface area contributed by atoms with Gasteiger partial charge >= 0.3 is 29.8 Å². The standard InChI is InChI=1S/C29H32O14/c1-13(26(36)42-19(25(34)35)12-20(31)32)40-27(37)16(30)11-21(33)41-18-7-9-29(38)15-4-3-8-28(29)22-14(10-15)5-6-17(39-2)23(22)43-24(18)28/h5-7,13,15-16,19,24,30,38H,3-4,8-12H2,1-2H3,(H,31,32)(H,34,35)/t13-,15-,16-,19-,24+,28+,29-/m0/s1. The second-order valence-corrected chi connectivity index (χ2v) is 11.3. The van der Waals surface area contributed by atoms with Gasteiger partial charge in [-0.05, 0) is 56.2 Å². The van der Waals surface area contributed by atoms with E-state index in [0.29, 0.717) is 24.3 Å². The first-order valence-corrected chi connectivity index (χ1v) is 13.9. The largest absolute Gasteiger partial charge is 0.493 e. The summed E-state index contributed by atoms with van der Waals surface area (Å²) in [5.41, 5.74) is -0.104. The van der Waals surface area contributed by atoms with Gasteiger partial charge in [-0.3, -0.25) is 9.59 Å². The number of rotatable bonds is 11.